The van der Waals surface area contributed by atoms with Gasteiger partial charge in [0, 0.05) is 18.8 Å². The minimum absolute atomic E-state index is 0.435. The number of rotatable bonds is 4. The number of aromatic nitrogens is 1. The Labute approximate surface area is 105 Å². The van der Waals surface area contributed by atoms with Crippen LogP contribution in [0.15, 0.2) is 22.8 Å². The summed E-state index contributed by atoms with van der Waals surface area (Å²) >= 11 is 3.50. The minimum atomic E-state index is 0.435. The van der Waals surface area contributed by atoms with E-state index in [9.17, 15) is 0 Å². The highest BCUT2D eigenvalue weighted by Crippen LogP contribution is 2.19. The zero-order chi connectivity index (χ0) is 11.4. The second kappa shape index (κ2) is 5.64. The van der Waals surface area contributed by atoms with Gasteiger partial charge in [-0.2, -0.15) is 0 Å². The monoisotopic (exact) mass is 283 g/mol. The summed E-state index contributed by atoms with van der Waals surface area (Å²) in [7, 11) is 0. The first-order valence-corrected chi connectivity index (χ1v) is 6.64. The Balaban J connectivity index is 1.86. The lowest BCUT2D eigenvalue weighted by atomic mass is 10.3. The summed E-state index contributed by atoms with van der Waals surface area (Å²) in [5.41, 5.74) is 0. The van der Waals surface area contributed by atoms with Crippen LogP contribution in [0.25, 0.3) is 0 Å². The number of pyridine rings is 1. The highest BCUT2D eigenvalue weighted by atomic mass is 79.9. The SMILES string of the molecule is CC(CN1CCCC1)Nc1ncccc1Br. The summed E-state index contributed by atoms with van der Waals surface area (Å²) in [6.07, 6.45) is 4.51. The third kappa shape index (κ3) is 3.19. The maximum absolute atomic E-state index is 4.32. The third-order valence-electron chi connectivity index (χ3n) is 2.87. The van der Waals surface area contributed by atoms with Gasteiger partial charge >= 0.3 is 0 Å². The number of likely N-dealkylation sites (tertiary alicyclic amines) is 1. The Morgan fingerprint density at radius 2 is 2.25 bits per heavy atom. The molecule has 2 heterocycles. The van der Waals surface area contributed by atoms with Crippen LogP contribution in [0.2, 0.25) is 0 Å². The van der Waals surface area contributed by atoms with E-state index in [1.807, 2.05) is 18.3 Å². The smallest absolute Gasteiger partial charge is 0.140 e. The lowest BCUT2D eigenvalue weighted by Gasteiger charge is -2.21. The zero-order valence-corrected chi connectivity index (χ0v) is 11.2. The van der Waals surface area contributed by atoms with Crippen LogP contribution in [0.5, 0.6) is 0 Å². The Bertz CT molecular complexity index is 337. The first kappa shape index (κ1) is 11.9. The maximum atomic E-state index is 4.32. The summed E-state index contributed by atoms with van der Waals surface area (Å²) in [6.45, 7) is 5.80. The number of halogens is 1. The molecule has 1 N–H and O–H groups in total. The molecule has 0 aliphatic carbocycles. The Kier molecular flexibility index (Phi) is 4.18. The van der Waals surface area contributed by atoms with Crippen LogP contribution in [0.1, 0.15) is 19.8 Å². The summed E-state index contributed by atoms with van der Waals surface area (Å²) in [5.74, 6) is 0.939. The molecule has 88 valence electrons. The van der Waals surface area contributed by atoms with E-state index in [2.05, 4.69) is 38.1 Å². The average Bonchev–Trinajstić information content (AvgIpc) is 2.74. The summed E-state index contributed by atoms with van der Waals surface area (Å²) in [6, 6.07) is 4.38. The van der Waals surface area contributed by atoms with Crippen molar-refractivity contribution in [3.63, 3.8) is 0 Å². The van der Waals surface area contributed by atoms with Crippen LogP contribution in [-0.2, 0) is 0 Å². The van der Waals surface area contributed by atoms with Gasteiger partial charge in [-0.05, 0) is 60.9 Å². The number of nitrogens with one attached hydrogen (secondary N) is 1. The van der Waals surface area contributed by atoms with Crippen molar-refractivity contribution in [1.82, 2.24) is 9.88 Å². The molecule has 1 unspecified atom stereocenters. The lowest BCUT2D eigenvalue weighted by Crippen LogP contribution is -2.33. The van der Waals surface area contributed by atoms with Crippen LogP contribution in [0, 0.1) is 0 Å². The summed E-state index contributed by atoms with van der Waals surface area (Å²) < 4.78 is 1.03. The fraction of sp³-hybridized carbons (Fsp3) is 0.583. The minimum Gasteiger partial charge on any atom is -0.365 e. The van der Waals surface area contributed by atoms with Gasteiger partial charge in [0.15, 0.2) is 0 Å². The standard InChI is InChI=1S/C12H18BrN3/c1-10(9-16-7-2-3-8-16)15-12-11(13)5-4-6-14-12/h4-6,10H,2-3,7-9H2,1H3,(H,14,15). The first-order chi connectivity index (χ1) is 7.75. The number of anilines is 1. The van der Waals surface area contributed by atoms with Crippen LogP contribution < -0.4 is 5.32 Å². The lowest BCUT2D eigenvalue weighted by molar-refractivity contribution is 0.327. The molecule has 1 aromatic heterocycles. The van der Waals surface area contributed by atoms with E-state index in [0.29, 0.717) is 6.04 Å². The molecule has 1 atom stereocenters. The molecule has 2 rings (SSSR count). The van der Waals surface area contributed by atoms with Crippen molar-refractivity contribution < 1.29 is 0 Å². The average molecular weight is 284 g/mol. The molecule has 1 aliphatic rings. The molecule has 0 spiro atoms. The topological polar surface area (TPSA) is 28.2 Å². The van der Waals surface area contributed by atoms with Crippen LogP contribution in [0.3, 0.4) is 0 Å². The van der Waals surface area contributed by atoms with Crippen molar-refractivity contribution in [3.8, 4) is 0 Å². The van der Waals surface area contributed by atoms with E-state index < -0.39 is 0 Å². The highest BCUT2D eigenvalue weighted by molar-refractivity contribution is 9.10. The Hall–Kier alpha value is -0.610. The Morgan fingerprint density at radius 3 is 2.94 bits per heavy atom. The molecule has 4 heteroatoms. The summed E-state index contributed by atoms with van der Waals surface area (Å²) in [4.78, 5) is 6.82. The molecule has 0 amide bonds. The van der Waals surface area contributed by atoms with Crippen molar-refractivity contribution in [2.75, 3.05) is 25.0 Å². The van der Waals surface area contributed by atoms with E-state index in [-0.39, 0.29) is 0 Å². The van der Waals surface area contributed by atoms with Crippen LogP contribution >= 0.6 is 15.9 Å². The van der Waals surface area contributed by atoms with E-state index >= 15 is 0 Å². The zero-order valence-electron chi connectivity index (χ0n) is 9.62. The molecule has 0 bridgehead atoms. The maximum Gasteiger partial charge on any atom is 0.140 e. The van der Waals surface area contributed by atoms with Crippen LogP contribution in [0.4, 0.5) is 5.82 Å². The highest BCUT2D eigenvalue weighted by Gasteiger charge is 2.15. The second-order valence-corrected chi connectivity index (χ2v) is 5.24. The fourth-order valence-corrected chi connectivity index (χ4v) is 2.49. The van der Waals surface area contributed by atoms with Crippen molar-refractivity contribution >= 4 is 21.7 Å². The molecule has 1 fully saturated rings. The second-order valence-electron chi connectivity index (χ2n) is 4.39. The predicted octanol–water partition coefficient (Wildman–Crippen LogP) is 2.74. The van der Waals surface area contributed by atoms with Gasteiger partial charge in [0.05, 0.1) is 4.47 Å². The largest absolute Gasteiger partial charge is 0.365 e. The molecule has 1 saturated heterocycles. The first-order valence-electron chi connectivity index (χ1n) is 5.85. The van der Waals surface area contributed by atoms with E-state index in [1.165, 1.54) is 25.9 Å². The molecule has 1 aliphatic heterocycles. The third-order valence-corrected chi connectivity index (χ3v) is 3.51. The van der Waals surface area contributed by atoms with Gasteiger partial charge in [0.2, 0.25) is 0 Å². The fourth-order valence-electron chi connectivity index (χ4n) is 2.12. The van der Waals surface area contributed by atoms with Gasteiger partial charge in [-0.3, -0.25) is 0 Å². The van der Waals surface area contributed by atoms with Gasteiger partial charge in [0.25, 0.3) is 0 Å². The molecule has 0 saturated carbocycles. The normalized spacial score (nSPS) is 18.6. The quantitative estimate of drug-likeness (QED) is 0.921. The molecular formula is C12H18BrN3. The molecule has 3 nitrogen and oxygen atoms in total. The van der Waals surface area contributed by atoms with E-state index in [0.717, 1.165) is 16.8 Å². The van der Waals surface area contributed by atoms with Gasteiger partial charge in [-0.15, -0.1) is 0 Å². The van der Waals surface area contributed by atoms with E-state index in [4.69, 9.17) is 0 Å². The molecule has 1 aromatic rings. The molecular weight excluding hydrogens is 266 g/mol. The molecule has 0 radical (unpaired) electrons. The number of hydrogen-bond acceptors (Lipinski definition) is 3. The predicted molar refractivity (Wildman–Crippen MR) is 70.7 cm³/mol. The van der Waals surface area contributed by atoms with Crippen molar-refractivity contribution in [3.05, 3.63) is 22.8 Å². The van der Waals surface area contributed by atoms with Gasteiger partial charge in [-0.1, -0.05) is 0 Å². The van der Waals surface area contributed by atoms with Crippen LogP contribution in [-0.4, -0.2) is 35.6 Å². The van der Waals surface area contributed by atoms with Crippen molar-refractivity contribution in [1.29, 1.82) is 0 Å². The number of nitrogens with zero attached hydrogens (tertiary/aromatic N) is 2. The number of hydrogen-bond donors (Lipinski definition) is 1. The van der Waals surface area contributed by atoms with Gasteiger partial charge in [-0.25, -0.2) is 4.98 Å². The molecule has 16 heavy (non-hydrogen) atoms. The van der Waals surface area contributed by atoms with E-state index in [1.54, 1.807) is 0 Å². The van der Waals surface area contributed by atoms with Gasteiger partial charge < -0.3 is 10.2 Å². The van der Waals surface area contributed by atoms with Crippen molar-refractivity contribution in [2.24, 2.45) is 0 Å². The summed E-state index contributed by atoms with van der Waals surface area (Å²) in [5, 5.41) is 3.44. The van der Waals surface area contributed by atoms with Crippen molar-refractivity contribution in [2.45, 2.75) is 25.8 Å². The Morgan fingerprint density at radius 1 is 1.50 bits per heavy atom. The molecule has 0 aromatic carbocycles. The van der Waals surface area contributed by atoms with Gasteiger partial charge in [0.1, 0.15) is 5.82 Å².